The molecule has 2 aromatic heterocycles. The first-order valence-electron chi connectivity index (χ1n) is 11.0. The molecule has 0 aliphatic heterocycles. The zero-order chi connectivity index (χ0) is 21.9. The van der Waals surface area contributed by atoms with E-state index in [4.69, 9.17) is 4.98 Å². The highest BCUT2D eigenvalue weighted by molar-refractivity contribution is 7.27. The summed E-state index contributed by atoms with van der Waals surface area (Å²) in [5.74, 6) is 0. The lowest BCUT2D eigenvalue weighted by Crippen LogP contribution is -2.08. The van der Waals surface area contributed by atoms with Crippen LogP contribution in [0.25, 0.3) is 53.1 Å². The van der Waals surface area contributed by atoms with Gasteiger partial charge in [-0.1, -0.05) is 87.5 Å². The van der Waals surface area contributed by atoms with Gasteiger partial charge < -0.3 is 0 Å². The van der Waals surface area contributed by atoms with Gasteiger partial charge in [-0.15, -0.1) is 11.3 Å². The third kappa shape index (κ3) is 3.25. The Labute approximate surface area is 191 Å². The summed E-state index contributed by atoms with van der Waals surface area (Å²) < 4.78 is 2.45. The Balaban J connectivity index is 1.56. The zero-order valence-electron chi connectivity index (χ0n) is 18.5. The molecule has 0 amide bonds. The molecule has 6 aromatic rings. The molecule has 0 N–H and O–H groups in total. The molecular weight excluding hydrogens is 408 g/mol. The van der Waals surface area contributed by atoms with E-state index in [-0.39, 0.29) is 5.41 Å². The van der Waals surface area contributed by atoms with Gasteiger partial charge in [-0.25, -0.2) is 9.97 Å². The Bertz CT molecular complexity index is 1640. The summed E-state index contributed by atoms with van der Waals surface area (Å²) >= 11 is 1.81. The second-order valence-electron chi connectivity index (χ2n) is 9.80. The molecule has 2 nitrogen and oxygen atoms in total. The minimum atomic E-state index is 0.278. The maximum atomic E-state index is 4.71. The van der Waals surface area contributed by atoms with Crippen LogP contribution in [0, 0.1) is 5.41 Å². The third-order valence-electron chi connectivity index (χ3n) is 6.06. The van der Waals surface area contributed by atoms with E-state index in [1.54, 1.807) is 6.33 Å². The molecule has 156 valence electrons. The summed E-state index contributed by atoms with van der Waals surface area (Å²) in [7, 11) is 0. The SMILES string of the molecule is CC(C)(C)Cc1ccc2c(ccc3c4ncnc(-c5ccc6ccccc6c5)c4sc23)c1. The summed E-state index contributed by atoms with van der Waals surface area (Å²) in [6, 6.07) is 26.4. The first kappa shape index (κ1) is 19.4. The molecule has 0 aliphatic rings. The maximum Gasteiger partial charge on any atom is 0.116 e. The van der Waals surface area contributed by atoms with Gasteiger partial charge >= 0.3 is 0 Å². The van der Waals surface area contributed by atoms with E-state index in [0.717, 1.165) is 27.9 Å². The van der Waals surface area contributed by atoms with Crippen molar-refractivity contribution in [1.29, 1.82) is 0 Å². The molecule has 0 saturated carbocycles. The number of aromatic nitrogens is 2. The lowest BCUT2D eigenvalue weighted by Gasteiger charge is -2.18. The van der Waals surface area contributed by atoms with Gasteiger partial charge in [0.25, 0.3) is 0 Å². The van der Waals surface area contributed by atoms with E-state index < -0.39 is 0 Å². The van der Waals surface area contributed by atoms with Crippen LogP contribution >= 0.6 is 11.3 Å². The van der Waals surface area contributed by atoms with E-state index >= 15 is 0 Å². The largest absolute Gasteiger partial charge is 0.235 e. The van der Waals surface area contributed by atoms with Gasteiger partial charge in [0.1, 0.15) is 6.33 Å². The summed E-state index contributed by atoms with van der Waals surface area (Å²) in [5.41, 5.74) is 4.87. The van der Waals surface area contributed by atoms with Crippen molar-refractivity contribution in [3.63, 3.8) is 0 Å². The second-order valence-corrected chi connectivity index (χ2v) is 10.8. The van der Waals surface area contributed by atoms with Gasteiger partial charge in [-0.05, 0) is 45.0 Å². The van der Waals surface area contributed by atoms with Crippen molar-refractivity contribution >= 4 is 53.2 Å². The van der Waals surface area contributed by atoms with Crippen molar-refractivity contribution < 1.29 is 0 Å². The first-order valence-corrected chi connectivity index (χ1v) is 11.9. The van der Waals surface area contributed by atoms with Crippen molar-refractivity contribution in [2.45, 2.75) is 27.2 Å². The van der Waals surface area contributed by atoms with E-state index in [1.807, 2.05) is 11.3 Å². The van der Waals surface area contributed by atoms with Crippen LogP contribution in [-0.2, 0) is 6.42 Å². The summed E-state index contributed by atoms with van der Waals surface area (Å²) in [6.45, 7) is 6.87. The average molecular weight is 433 g/mol. The Kier molecular flexibility index (Phi) is 4.31. The van der Waals surface area contributed by atoms with Gasteiger partial charge in [0.2, 0.25) is 0 Å². The van der Waals surface area contributed by atoms with Crippen LogP contribution in [0.15, 0.2) is 79.1 Å². The van der Waals surface area contributed by atoms with Crippen LogP contribution in [-0.4, -0.2) is 9.97 Å². The summed E-state index contributed by atoms with van der Waals surface area (Å²) in [6.07, 6.45) is 2.78. The van der Waals surface area contributed by atoms with Crippen molar-refractivity contribution in [2.75, 3.05) is 0 Å². The molecule has 0 fully saturated rings. The molecule has 32 heavy (non-hydrogen) atoms. The minimum Gasteiger partial charge on any atom is -0.235 e. The van der Waals surface area contributed by atoms with Crippen LogP contribution in [0.1, 0.15) is 26.3 Å². The molecule has 0 saturated heterocycles. The van der Waals surface area contributed by atoms with Gasteiger partial charge in [0.05, 0.1) is 15.9 Å². The fourth-order valence-electron chi connectivity index (χ4n) is 4.68. The molecule has 6 rings (SSSR count). The number of hydrogen-bond donors (Lipinski definition) is 0. The van der Waals surface area contributed by atoms with Crippen LogP contribution in [0.5, 0.6) is 0 Å². The molecule has 0 radical (unpaired) electrons. The normalized spacial score (nSPS) is 12.3. The predicted octanol–water partition coefficient (Wildman–Crippen LogP) is 8.41. The van der Waals surface area contributed by atoms with Crippen LogP contribution in [0.4, 0.5) is 0 Å². The van der Waals surface area contributed by atoms with Crippen LogP contribution in [0.3, 0.4) is 0 Å². The highest BCUT2D eigenvalue weighted by Crippen LogP contribution is 2.41. The quantitative estimate of drug-likeness (QED) is 0.274. The van der Waals surface area contributed by atoms with Crippen LogP contribution < -0.4 is 0 Å². The fraction of sp³-hybridized carbons (Fsp3) is 0.172. The molecule has 0 spiro atoms. The molecule has 0 bridgehead atoms. The molecule has 4 aromatic carbocycles. The maximum absolute atomic E-state index is 4.71. The second kappa shape index (κ2) is 7.11. The lowest BCUT2D eigenvalue weighted by atomic mass is 9.87. The third-order valence-corrected chi connectivity index (χ3v) is 7.29. The van der Waals surface area contributed by atoms with Crippen molar-refractivity contribution in [3.8, 4) is 11.3 Å². The molecule has 2 heterocycles. The van der Waals surface area contributed by atoms with E-state index in [1.165, 1.54) is 37.2 Å². The van der Waals surface area contributed by atoms with Gasteiger partial charge in [-0.2, -0.15) is 0 Å². The highest BCUT2D eigenvalue weighted by atomic mass is 32.1. The summed E-state index contributed by atoms with van der Waals surface area (Å²) in [5, 5.41) is 6.29. The van der Waals surface area contributed by atoms with E-state index in [2.05, 4.69) is 98.6 Å². The molecular formula is C29H24N2S. The van der Waals surface area contributed by atoms with Crippen LogP contribution in [0.2, 0.25) is 0 Å². The molecule has 3 heteroatoms. The van der Waals surface area contributed by atoms with E-state index in [9.17, 15) is 0 Å². The standard InChI is InChI=1S/C29H24N2S/c1-29(2,3)16-18-8-12-23-21(14-18)11-13-24-26-28(32-27(23)24)25(30-17-31-26)22-10-9-19-6-4-5-7-20(19)15-22/h4-15,17H,16H2,1-3H3. The Morgan fingerprint density at radius 3 is 2.34 bits per heavy atom. The monoisotopic (exact) mass is 432 g/mol. The van der Waals surface area contributed by atoms with Crippen molar-refractivity contribution in [2.24, 2.45) is 5.41 Å². The van der Waals surface area contributed by atoms with E-state index in [0.29, 0.717) is 0 Å². The number of nitrogens with zero attached hydrogens (tertiary/aromatic N) is 2. The average Bonchev–Trinajstić information content (AvgIpc) is 3.16. The summed E-state index contributed by atoms with van der Waals surface area (Å²) in [4.78, 5) is 9.40. The molecule has 0 atom stereocenters. The Hall–Kier alpha value is -3.30. The van der Waals surface area contributed by atoms with Crippen molar-refractivity contribution in [1.82, 2.24) is 9.97 Å². The molecule has 0 unspecified atom stereocenters. The first-order chi connectivity index (χ1) is 15.5. The number of fused-ring (bicyclic) bond motifs is 6. The number of thiophene rings is 1. The fourth-order valence-corrected chi connectivity index (χ4v) is 5.98. The van der Waals surface area contributed by atoms with Crippen molar-refractivity contribution in [3.05, 3.63) is 84.7 Å². The molecule has 0 aliphatic carbocycles. The lowest BCUT2D eigenvalue weighted by molar-refractivity contribution is 0.411. The predicted molar refractivity (Wildman–Crippen MR) is 139 cm³/mol. The van der Waals surface area contributed by atoms with Gasteiger partial charge in [0.15, 0.2) is 0 Å². The van der Waals surface area contributed by atoms with Gasteiger partial charge in [0, 0.05) is 15.6 Å². The number of benzene rings is 4. The highest BCUT2D eigenvalue weighted by Gasteiger charge is 2.16. The number of hydrogen-bond acceptors (Lipinski definition) is 3. The zero-order valence-corrected chi connectivity index (χ0v) is 19.3. The topological polar surface area (TPSA) is 25.8 Å². The Morgan fingerprint density at radius 1 is 0.719 bits per heavy atom. The minimum absolute atomic E-state index is 0.278. The Morgan fingerprint density at radius 2 is 1.50 bits per heavy atom. The number of rotatable bonds is 2. The smallest absolute Gasteiger partial charge is 0.116 e. The van der Waals surface area contributed by atoms with Gasteiger partial charge in [-0.3, -0.25) is 0 Å².